The highest BCUT2D eigenvalue weighted by Crippen LogP contribution is 2.30. The molecule has 18 heavy (non-hydrogen) atoms. The Morgan fingerprint density at radius 2 is 2.11 bits per heavy atom. The second kappa shape index (κ2) is 6.85. The van der Waals surface area contributed by atoms with Crippen molar-refractivity contribution in [3.63, 3.8) is 0 Å². The second-order valence-electron chi connectivity index (χ2n) is 4.06. The molecule has 2 rings (SSSR count). The second-order valence-corrected chi connectivity index (χ2v) is 6.86. The van der Waals surface area contributed by atoms with Crippen molar-refractivity contribution in [2.75, 3.05) is 6.54 Å². The highest BCUT2D eigenvalue weighted by molar-refractivity contribution is 9.11. The van der Waals surface area contributed by atoms with Gasteiger partial charge >= 0.3 is 0 Å². The van der Waals surface area contributed by atoms with Crippen LogP contribution in [0, 0.1) is 0 Å². The third-order valence-corrected chi connectivity index (χ3v) is 4.88. The van der Waals surface area contributed by atoms with Gasteiger partial charge in [0.1, 0.15) is 0 Å². The summed E-state index contributed by atoms with van der Waals surface area (Å²) in [5, 5.41) is 5.69. The molecule has 1 aromatic carbocycles. The Bertz CT molecular complexity index is 497. The third kappa shape index (κ3) is 3.67. The van der Waals surface area contributed by atoms with E-state index < -0.39 is 0 Å². The number of benzene rings is 1. The van der Waals surface area contributed by atoms with Crippen LogP contribution >= 0.6 is 43.2 Å². The molecule has 0 bridgehead atoms. The summed E-state index contributed by atoms with van der Waals surface area (Å²) in [6.07, 6.45) is 1.03. The van der Waals surface area contributed by atoms with E-state index in [1.165, 1.54) is 10.4 Å². The molecule has 96 valence electrons. The van der Waals surface area contributed by atoms with Gasteiger partial charge in [-0.15, -0.1) is 11.3 Å². The van der Waals surface area contributed by atoms with Crippen LogP contribution in [0.2, 0.25) is 0 Å². The molecule has 1 nitrogen and oxygen atoms in total. The Kier molecular flexibility index (Phi) is 5.42. The fourth-order valence-electron chi connectivity index (χ4n) is 1.95. The molecule has 0 saturated heterocycles. The maximum atomic E-state index is 3.65. The minimum absolute atomic E-state index is 0.348. The van der Waals surface area contributed by atoms with Crippen LogP contribution in [0.3, 0.4) is 0 Å². The van der Waals surface area contributed by atoms with E-state index in [9.17, 15) is 0 Å². The van der Waals surface area contributed by atoms with Crippen LogP contribution in [-0.4, -0.2) is 6.54 Å². The molecule has 1 aromatic heterocycles. The van der Waals surface area contributed by atoms with Crippen LogP contribution in [0.5, 0.6) is 0 Å². The highest BCUT2D eigenvalue weighted by Gasteiger charge is 2.15. The van der Waals surface area contributed by atoms with E-state index >= 15 is 0 Å². The molecule has 1 atom stereocenters. The maximum Gasteiger partial charge on any atom is 0.0380 e. The number of halogens is 2. The molecule has 0 aliphatic heterocycles. The zero-order valence-electron chi connectivity index (χ0n) is 10.1. The van der Waals surface area contributed by atoms with Crippen molar-refractivity contribution < 1.29 is 0 Å². The predicted molar refractivity (Wildman–Crippen MR) is 86.3 cm³/mol. The minimum Gasteiger partial charge on any atom is -0.310 e. The Hall–Kier alpha value is -0.160. The monoisotopic (exact) mass is 387 g/mol. The number of thiophene rings is 1. The lowest BCUT2D eigenvalue weighted by Crippen LogP contribution is -2.23. The van der Waals surface area contributed by atoms with Crippen LogP contribution in [0.1, 0.15) is 23.4 Å². The number of hydrogen-bond acceptors (Lipinski definition) is 2. The Labute approximate surface area is 129 Å². The lowest BCUT2D eigenvalue weighted by Gasteiger charge is -2.19. The Balaban J connectivity index is 2.26. The summed E-state index contributed by atoms with van der Waals surface area (Å²) in [4.78, 5) is 1.41. The summed E-state index contributed by atoms with van der Waals surface area (Å²) in [5.74, 6) is 0. The molecular weight excluding hydrogens is 374 g/mol. The van der Waals surface area contributed by atoms with Crippen molar-refractivity contribution in [2.24, 2.45) is 0 Å². The molecule has 0 fully saturated rings. The van der Waals surface area contributed by atoms with E-state index in [4.69, 9.17) is 0 Å². The van der Waals surface area contributed by atoms with E-state index in [0.717, 1.165) is 21.9 Å². The van der Waals surface area contributed by atoms with Crippen LogP contribution in [0.15, 0.2) is 44.7 Å². The smallest absolute Gasteiger partial charge is 0.0380 e. The number of nitrogens with one attached hydrogen (secondary N) is 1. The summed E-state index contributed by atoms with van der Waals surface area (Å²) in [5.41, 5.74) is 1.31. The molecule has 0 aliphatic rings. The molecule has 1 N–H and O–H groups in total. The van der Waals surface area contributed by atoms with Crippen LogP contribution < -0.4 is 5.32 Å². The standard InChI is InChI=1S/C14H15Br2NS/c1-2-17-14(9-11-4-3-7-18-11)12-8-10(15)5-6-13(12)16/h3-8,14,17H,2,9H2,1H3. The van der Waals surface area contributed by atoms with Gasteiger partial charge in [-0.1, -0.05) is 44.8 Å². The molecule has 4 heteroatoms. The number of hydrogen-bond donors (Lipinski definition) is 1. The molecule has 0 saturated carbocycles. The Morgan fingerprint density at radius 1 is 1.28 bits per heavy atom. The average Bonchev–Trinajstić information content (AvgIpc) is 2.85. The molecule has 0 radical (unpaired) electrons. The van der Waals surface area contributed by atoms with Gasteiger partial charge in [0.2, 0.25) is 0 Å². The average molecular weight is 389 g/mol. The van der Waals surface area contributed by atoms with Crippen LogP contribution in [-0.2, 0) is 6.42 Å². The van der Waals surface area contributed by atoms with E-state index in [2.05, 4.69) is 79.8 Å². The van der Waals surface area contributed by atoms with E-state index in [-0.39, 0.29) is 0 Å². The lowest BCUT2D eigenvalue weighted by molar-refractivity contribution is 0.551. The SMILES string of the molecule is CCNC(Cc1cccs1)c1cc(Br)ccc1Br. The van der Waals surface area contributed by atoms with Gasteiger partial charge in [-0.2, -0.15) is 0 Å². The van der Waals surface area contributed by atoms with Crippen molar-refractivity contribution >= 4 is 43.2 Å². The fourth-order valence-corrected chi connectivity index (χ4v) is 3.60. The minimum atomic E-state index is 0.348. The van der Waals surface area contributed by atoms with Crippen molar-refractivity contribution in [3.05, 3.63) is 55.1 Å². The normalized spacial score (nSPS) is 12.6. The maximum absolute atomic E-state index is 3.65. The van der Waals surface area contributed by atoms with Crippen molar-refractivity contribution in [1.82, 2.24) is 5.32 Å². The molecule has 2 aromatic rings. The number of likely N-dealkylation sites (N-methyl/N-ethyl adjacent to an activating group) is 1. The van der Waals surface area contributed by atoms with E-state index in [0.29, 0.717) is 6.04 Å². The first-order valence-corrected chi connectivity index (χ1v) is 8.38. The fraction of sp³-hybridized carbons (Fsp3) is 0.286. The molecule has 0 amide bonds. The predicted octanol–water partition coefficient (Wildman–Crippen LogP) is 5.17. The van der Waals surface area contributed by atoms with Gasteiger partial charge in [-0.3, -0.25) is 0 Å². The quantitative estimate of drug-likeness (QED) is 0.745. The Morgan fingerprint density at radius 3 is 2.78 bits per heavy atom. The topological polar surface area (TPSA) is 12.0 Å². The number of rotatable bonds is 5. The summed E-state index contributed by atoms with van der Waals surface area (Å²) in [6.45, 7) is 3.11. The first-order valence-electron chi connectivity index (χ1n) is 5.91. The van der Waals surface area contributed by atoms with Crippen molar-refractivity contribution in [1.29, 1.82) is 0 Å². The third-order valence-electron chi connectivity index (χ3n) is 2.77. The van der Waals surface area contributed by atoms with Gasteiger partial charge in [-0.05, 0) is 41.8 Å². The van der Waals surface area contributed by atoms with Gasteiger partial charge in [0.25, 0.3) is 0 Å². The first kappa shape index (κ1) is 14.3. The van der Waals surface area contributed by atoms with Crippen molar-refractivity contribution in [3.8, 4) is 0 Å². The highest BCUT2D eigenvalue weighted by atomic mass is 79.9. The zero-order valence-corrected chi connectivity index (χ0v) is 14.1. The molecule has 1 heterocycles. The van der Waals surface area contributed by atoms with E-state index in [1.54, 1.807) is 0 Å². The van der Waals surface area contributed by atoms with Gasteiger partial charge < -0.3 is 5.32 Å². The van der Waals surface area contributed by atoms with Gasteiger partial charge in [0, 0.05) is 26.3 Å². The van der Waals surface area contributed by atoms with Crippen molar-refractivity contribution in [2.45, 2.75) is 19.4 Å². The van der Waals surface area contributed by atoms with Crippen LogP contribution in [0.25, 0.3) is 0 Å². The largest absolute Gasteiger partial charge is 0.310 e. The summed E-state index contributed by atoms with van der Waals surface area (Å²) in [7, 11) is 0. The van der Waals surface area contributed by atoms with E-state index in [1.807, 2.05) is 11.3 Å². The summed E-state index contributed by atoms with van der Waals surface area (Å²) >= 11 is 9.01. The summed E-state index contributed by atoms with van der Waals surface area (Å²) in [6, 6.07) is 11.0. The zero-order chi connectivity index (χ0) is 13.0. The van der Waals surface area contributed by atoms with Gasteiger partial charge in [-0.25, -0.2) is 0 Å². The molecular formula is C14H15Br2NS. The lowest BCUT2D eigenvalue weighted by atomic mass is 10.0. The van der Waals surface area contributed by atoms with Gasteiger partial charge in [0.05, 0.1) is 0 Å². The summed E-state index contributed by atoms with van der Waals surface area (Å²) < 4.78 is 2.28. The van der Waals surface area contributed by atoms with Gasteiger partial charge in [0.15, 0.2) is 0 Å². The first-order chi connectivity index (χ1) is 8.70. The molecule has 1 unspecified atom stereocenters. The van der Waals surface area contributed by atoms with Crippen LogP contribution in [0.4, 0.5) is 0 Å². The molecule has 0 aliphatic carbocycles. The molecule has 0 spiro atoms.